The first kappa shape index (κ1) is 63.3. The van der Waals surface area contributed by atoms with E-state index in [4.69, 9.17) is 43.7 Å². The largest absolute Gasteiger partial charge is 0.444 e. The zero-order valence-corrected chi connectivity index (χ0v) is 45.0. The molecule has 5 heterocycles. The number of ether oxygens (including phenoxy) is 4. The van der Waals surface area contributed by atoms with E-state index in [1.54, 1.807) is 35.5 Å². The van der Waals surface area contributed by atoms with Crippen molar-refractivity contribution >= 4 is 34.5 Å². The lowest BCUT2D eigenvalue weighted by Gasteiger charge is -2.28. The van der Waals surface area contributed by atoms with Gasteiger partial charge in [-0.2, -0.15) is 13.7 Å². The van der Waals surface area contributed by atoms with Crippen LogP contribution < -0.4 is 5.32 Å². The van der Waals surface area contributed by atoms with Crippen LogP contribution in [0.15, 0.2) is 0 Å². The Hall–Kier alpha value is -3.68. The number of hydrogen-bond donors (Lipinski definition) is 4. The summed E-state index contributed by atoms with van der Waals surface area (Å²) in [5.74, 6) is 0. The normalized spacial score (nSPS) is 22.6. The Morgan fingerprint density at radius 3 is 1.25 bits per heavy atom. The fourth-order valence-electron chi connectivity index (χ4n) is 7.83. The molecule has 5 aliphatic rings. The lowest BCUT2D eigenvalue weighted by molar-refractivity contribution is 0.0170. The summed E-state index contributed by atoms with van der Waals surface area (Å²) in [5.41, 5.74) is -1.91. The van der Waals surface area contributed by atoms with Crippen LogP contribution >= 0.6 is 0 Å². The van der Waals surface area contributed by atoms with E-state index >= 15 is 0 Å². The van der Waals surface area contributed by atoms with Gasteiger partial charge >= 0.3 is 24.4 Å². The van der Waals surface area contributed by atoms with Gasteiger partial charge in [0.05, 0.1) is 50.7 Å². The Bertz CT molecular complexity index is 1700. The Morgan fingerprint density at radius 2 is 0.928 bits per heavy atom. The van der Waals surface area contributed by atoms with Crippen molar-refractivity contribution in [3.8, 4) is 6.07 Å². The van der Waals surface area contributed by atoms with Crippen molar-refractivity contribution in [3.05, 3.63) is 0 Å². The highest BCUT2D eigenvalue weighted by molar-refractivity contribution is 7.85. The lowest BCUT2D eigenvalue weighted by Crippen LogP contribution is -2.42. The third-order valence-corrected chi connectivity index (χ3v) is 11.4. The van der Waals surface area contributed by atoms with Crippen LogP contribution in [0.3, 0.4) is 0 Å². The second-order valence-corrected chi connectivity index (χ2v) is 23.5. The molecule has 0 unspecified atom stereocenters. The molecule has 21 heteroatoms. The minimum Gasteiger partial charge on any atom is -0.444 e. The number of amides is 4. The summed E-state index contributed by atoms with van der Waals surface area (Å²) in [4.78, 5) is 53.6. The maximum absolute atomic E-state index is 11.9. The van der Waals surface area contributed by atoms with Crippen LogP contribution in [0, 0.1) is 11.3 Å². The van der Waals surface area contributed by atoms with E-state index in [0.717, 1.165) is 77.1 Å². The van der Waals surface area contributed by atoms with E-state index in [9.17, 15) is 27.6 Å². The van der Waals surface area contributed by atoms with Crippen molar-refractivity contribution < 1.29 is 66.0 Å². The average molecular weight is 1010 g/mol. The van der Waals surface area contributed by atoms with Gasteiger partial charge in [0.2, 0.25) is 0 Å². The van der Waals surface area contributed by atoms with Crippen LogP contribution in [0.5, 0.6) is 0 Å². The topological polar surface area (TPSA) is 258 Å². The van der Waals surface area contributed by atoms with Crippen molar-refractivity contribution in [1.82, 2.24) is 24.9 Å². The van der Waals surface area contributed by atoms with Gasteiger partial charge in [-0.25, -0.2) is 19.2 Å². The van der Waals surface area contributed by atoms with Gasteiger partial charge in [-0.15, -0.1) is 0 Å². The molecular weight excluding hydrogens is 917 g/mol. The number of rotatable bonds is 8. The number of nitriles is 1. The van der Waals surface area contributed by atoms with Crippen LogP contribution in [0.4, 0.5) is 19.2 Å². The molecule has 5 rings (SSSR count). The molecule has 402 valence electrons. The SMILES string of the molecule is CC(C)(C)OC(=O)N1CCC[C@@H]1CC#N.CC(C)(C)OC(=O)N1CCC[C@@H]1CCO.CC(C)(C)OC(=O)N1CCC[C@@H]1CO.CC(C)(C)OC(=O)N1CCC[C@@H]1COS(C)(=O)=O.OC[C@H]1CCCN1. The molecule has 20 nitrogen and oxygen atoms in total. The van der Waals surface area contributed by atoms with E-state index in [0.29, 0.717) is 45.1 Å². The highest BCUT2D eigenvalue weighted by atomic mass is 32.2. The van der Waals surface area contributed by atoms with Crippen LogP contribution in [0.1, 0.15) is 160 Å². The number of carbonyl (C=O) groups is 4. The summed E-state index contributed by atoms with van der Waals surface area (Å²) in [6, 6.07) is 2.44. The molecule has 5 saturated heterocycles. The lowest BCUT2D eigenvalue weighted by atomic mass is 10.1. The van der Waals surface area contributed by atoms with E-state index in [1.807, 2.05) is 62.3 Å². The molecule has 0 aliphatic carbocycles. The highest BCUT2D eigenvalue weighted by Crippen LogP contribution is 2.25. The molecule has 0 saturated carbocycles. The summed E-state index contributed by atoms with van der Waals surface area (Å²) < 4.78 is 47.7. The molecule has 69 heavy (non-hydrogen) atoms. The van der Waals surface area contributed by atoms with Crippen molar-refractivity contribution in [2.45, 2.75) is 213 Å². The summed E-state index contributed by atoms with van der Waals surface area (Å²) in [6.45, 7) is 26.3. The van der Waals surface area contributed by atoms with Crippen LogP contribution in [-0.4, -0.2) is 186 Å². The first-order valence-electron chi connectivity index (χ1n) is 24.6. The van der Waals surface area contributed by atoms with Gasteiger partial charge in [0, 0.05) is 50.9 Å². The Labute approximate surface area is 413 Å². The molecule has 5 fully saturated rings. The molecule has 5 atom stereocenters. The second kappa shape index (κ2) is 29.6. The minimum atomic E-state index is -3.47. The van der Waals surface area contributed by atoms with Crippen molar-refractivity contribution in [2.24, 2.45) is 0 Å². The summed E-state index contributed by atoms with van der Waals surface area (Å²) in [5, 5.41) is 38.2. The van der Waals surface area contributed by atoms with Gasteiger partial charge in [0.1, 0.15) is 22.4 Å². The molecule has 5 aliphatic heterocycles. The number of nitrogens with zero attached hydrogens (tertiary/aromatic N) is 5. The van der Waals surface area contributed by atoms with Gasteiger partial charge in [0.15, 0.2) is 0 Å². The van der Waals surface area contributed by atoms with Gasteiger partial charge < -0.3 is 59.2 Å². The zero-order chi connectivity index (χ0) is 52.8. The average Bonchev–Trinajstić information content (AvgIpc) is 4.06. The third kappa shape index (κ3) is 27.5. The highest BCUT2D eigenvalue weighted by Gasteiger charge is 2.35. The molecular formula is C48H90N6O14S. The van der Waals surface area contributed by atoms with E-state index in [1.165, 1.54) is 11.3 Å². The smallest absolute Gasteiger partial charge is 0.410 e. The fourth-order valence-corrected chi connectivity index (χ4v) is 8.24. The molecule has 4 amide bonds. The second-order valence-electron chi connectivity index (χ2n) is 21.9. The molecule has 0 bridgehead atoms. The Balaban J connectivity index is 0.000000440. The number of aliphatic hydroxyl groups excluding tert-OH is 3. The van der Waals surface area contributed by atoms with Crippen molar-refractivity contribution in [3.63, 3.8) is 0 Å². The molecule has 0 aromatic heterocycles. The molecule has 0 aromatic rings. The van der Waals surface area contributed by atoms with E-state index < -0.39 is 38.6 Å². The quantitative estimate of drug-likeness (QED) is 0.149. The summed E-state index contributed by atoms with van der Waals surface area (Å²) in [7, 11) is -3.47. The number of hydrogen-bond acceptors (Lipinski definition) is 16. The predicted molar refractivity (Wildman–Crippen MR) is 262 cm³/mol. The van der Waals surface area contributed by atoms with Gasteiger partial charge in [0.25, 0.3) is 10.1 Å². The number of likely N-dealkylation sites (tertiary alicyclic amines) is 4. The fraction of sp³-hybridized carbons (Fsp3) is 0.896. The van der Waals surface area contributed by atoms with Crippen LogP contribution in [-0.2, 0) is 33.2 Å². The minimum absolute atomic E-state index is 0.00191. The van der Waals surface area contributed by atoms with Crippen LogP contribution in [0.25, 0.3) is 0 Å². The number of carbonyl (C=O) groups excluding carboxylic acids is 4. The van der Waals surface area contributed by atoms with Gasteiger partial charge in [-0.1, -0.05) is 0 Å². The van der Waals surface area contributed by atoms with E-state index in [2.05, 4.69) is 11.4 Å². The molecule has 0 radical (unpaired) electrons. The standard InChI is InChI=1S/C11H18N2O2.C11H21NO5S.C11H21NO3.C10H19NO3.C5H11NO/c1-11(2,3)15-10(14)13-8-4-5-9(13)6-7-12;1-11(2,3)17-10(13)12-7-5-6-9(12)8-16-18(4,14)15;1-11(2,3)15-10(14)12-7-4-5-9(12)6-8-13;1-10(2,3)14-9(13)11-6-4-5-8(11)7-12;7-4-5-2-1-3-6-5/h9H,4-6,8H2,1-3H3;9H,5-8H2,1-4H3;9,13H,4-8H2,1-3H3;8,12H,4-7H2,1-3H3;5-7H,1-4H2/t3*9-;8-;5-/m11111/s1. The predicted octanol–water partition coefficient (Wildman–Crippen LogP) is 6.54. The zero-order valence-electron chi connectivity index (χ0n) is 44.2. The van der Waals surface area contributed by atoms with Gasteiger partial charge in [-0.05, 0) is 160 Å². The number of nitrogens with one attached hydrogen (secondary N) is 1. The first-order valence-corrected chi connectivity index (χ1v) is 26.4. The molecule has 0 aromatic carbocycles. The number of aliphatic hydroxyl groups is 3. The maximum Gasteiger partial charge on any atom is 0.410 e. The molecule has 4 N–H and O–H groups in total. The van der Waals surface area contributed by atoms with Gasteiger partial charge in [-0.3, -0.25) is 4.18 Å². The summed E-state index contributed by atoms with van der Waals surface area (Å²) >= 11 is 0. The van der Waals surface area contributed by atoms with Crippen molar-refractivity contribution in [1.29, 1.82) is 5.26 Å². The van der Waals surface area contributed by atoms with Crippen molar-refractivity contribution in [2.75, 3.05) is 65.4 Å². The monoisotopic (exact) mass is 1010 g/mol. The molecule has 0 spiro atoms. The maximum atomic E-state index is 11.9. The summed E-state index contributed by atoms with van der Waals surface area (Å²) in [6.07, 6.45) is 10.4. The van der Waals surface area contributed by atoms with Crippen LogP contribution in [0.2, 0.25) is 0 Å². The Morgan fingerprint density at radius 1 is 0.565 bits per heavy atom. The first-order chi connectivity index (χ1) is 31.8. The third-order valence-electron chi connectivity index (χ3n) is 10.9. The Kier molecular flexibility index (Phi) is 27.2. The van der Waals surface area contributed by atoms with E-state index in [-0.39, 0.29) is 62.3 Å².